The van der Waals surface area contributed by atoms with Crippen LogP contribution in [0, 0.1) is 0 Å². The molecule has 0 saturated carbocycles. The van der Waals surface area contributed by atoms with Gasteiger partial charge in [0.05, 0.1) is 26.3 Å². The Morgan fingerprint density at radius 3 is 1.48 bits per heavy atom. The number of nitrogens with zero attached hydrogens (tertiary/aromatic N) is 1. The molecule has 1 rings (SSSR count). The highest BCUT2D eigenvalue weighted by atomic mass is 16.6. The fraction of sp³-hybridized carbons (Fsp3) is 0.650. The number of amides is 1. The first-order valence-corrected chi connectivity index (χ1v) is 10.1. The predicted octanol–water partition coefficient (Wildman–Crippen LogP) is -4.50. The van der Waals surface area contributed by atoms with E-state index in [-0.39, 0.29) is 6.61 Å². The van der Waals surface area contributed by atoms with Crippen molar-refractivity contribution in [2.45, 2.75) is 55.4 Å². The molecule has 0 heterocycles. The van der Waals surface area contributed by atoms with E-state index in [1.807, 2.05) is 0 Å². The fourth-order valence-electron chi connectivity index (χ4n) is 2.83. The number of hydrogen-bond acceptors (Lipinski definition) is 12. The molecule has 0 bridgehead atoms. The van der Waals surface area contributed by atoms with Gasteiger partial charge in [0.15, 0.2) is 0 Å². The van der Waals surface area contributed by atoms with E-state index in [9.17, 15) is 45.6 Å². The summed E-state index contributed by atoms with van der Waals surface area (Å²) in [5.74, 6) is 0. The van der Waals surface area contributed by atoms with Gasteiger partial charge in [-0.15, -0.1) is 0 Å². The normalized spacial score (nSPS) is 19.0. The second-order valence-corrected chi connectivity index (χ2v) is 7.54. The van der Waals surface area contributed by atoms with Crippen LogP contribution in [-0.2, 0) is 11.3 Å². The minimum absolute atomic E-state index is 0.203. The first kappa shape index (κ1) is 29.1. The van der Waals surface area contributed by atoms with Crippen LogP contribution in [0.3, 0.4) is 0 Å². The third-order valence-corrected chi connectivity index (χ3v) is 4.93. The summed E-state index contributed by atoms with van der Waals surface area (Å²) in [5, 5.41) is 96.5. The fourth-order valence-corrected chi connectivity index (χ4v) is 2.83. The van der Waals surface area contributed by atoms with E-state index in [0.29, 0.717) is 10.5 Å². The zero-order valence-electron chi connectivity index (χ0n) is 17.8. The molecule has 0 aromatic heterocycles. The summed E-state index contributed by atoms with van der Waals surface area (Å²) in [6.07, 6.45) is -16.4. The summed E-state index contributed by atoms with van der Waals surface area (Å²) >= 11 is 0. The van der Waals surface area contributed by atoms with Gasteiger partial charge in [-0.05, 0) is 5.56 Å². The summed E-state index contributed by atoms with van der Waals surface area (Å²) < 4.78 is 5.11. The molecule has 190 valence electrons. The van der Waals surface area contributed by atoms with Crippen molar-refractivity contribution in [2.24, 2.45) is 0 Å². The van der Waals surface area contributed by atoms with Crippen LogP contribution < -0.4 is 0 Å². The Morgan fingerprint density at radius 2 is 1.09 bits per heavy atom. The molecule has 0 aliphatic carbocycles. The number of carbonyl (C=O) groups is 1. The molecule has 0 saturated heterocycles. The summed E-state index contributed by atoms with van der Waals surface area (Å²) in [7, 11) is 0. The van der Waals surface area contributed by atoms with Gasteiger partial charge in [-0.3, -0.25) is 0 Å². The number of hydrogen-bond donors (Lipinski definition) is 10. The van der Waals surface area contributed by atoms with Gasteiger partial charge >= 0.3 is 6.09 Å². The number of ether oxygens (including phenoxy) is 1. The van der Waals surface area contributed by atoms with Crippen LogP contribution in [0.15, 0.2) is 30.3 Å². The molecule has 10 N–H and O–H groups in total. The minimum Gasteiger partial charge on any atom is -0.445 e. The van der Waals surface area contributed by atoms with Gasteiger partial charge in [-0.2, -0.15) is 0 Å². The van der Waals surface area contributed by atoms with Crippen molar-refractivity contribution in [3.63, 3.8) is 0 Å². The van der Waals surface area contributed by atoms with Gasteiger partial charge in [-0.25, -0.2) is 4.79 Å². The quantitative estimate of drug-likeness (QED) is 0.122. The Hall–Kier alpha value is -1.91. The van der Waals surface area contributed by atoms with E-state index in [1.54, 1.807) is 30.3 Å². The van der Waals surface area contributed by atoms with Crippen LogP contribution >= 0.6 is 0 Å². The summed E-state index contributed by atoms with van der Waals surface area (Å²) in [5.41, 5.74) is 0.606. The molecule has 1 aromatic rings. The third-order valence-electron chi connectivity index (χ3n) is 4.93. The molecular weight excluding hydrogens is 446 g/mol. The average Bonchev–Trinajstić information content (AvgIpc) is 2.84. The molecule has 13 heteroatoms. The molecule has 0 fully saturated rings. The van der Waals surface area contributed by atoms with E-state index < -0.39 is 81.2 Å². The lowest BCUT2D eigenvalue weighted by molar-refractivity contribution is -0.128. The Labute approximate surface area is 190 Å². The standard InChI is InChI=1S/C20H33NO12/c22-8-14(26)18(30)16(28)12(24)6-21(7-13(25)17(29)19(31)15(27)9-23)20(32)33-10-11-4-2-1-3-5-11/h1-5,12-19,22-31H,6-10H2. The Kier molecular flexibility index (Phi) is 12.7. The molecule has 0 radical (unpaired) electrons. The zero-order chi connectivity index (χ0) is 25.1. The lowest BCUT2D eigenvalue weighted by Gasteiger charge is -2.33. The Bertz CT molecular complexity index is 650. The van der Waals surface area contributed by atoms with Crippen molar-refractivity contribution >= 4 is 6.09 Å². The summed E-state index contributed by atoms with van der Waals surface area (Å²) in [6.45, 7) is -3.54. The molecule has 0 aliphatic heterocycles. The van der Waals surface area contributed by atoms with E-state index >= 15 is 0 Å². The maximum Gasteiger partial charge on any atom is 0.410 e. The van der Waals surface area contributed by atoms with Gasteiger partial charge in [0.1, 0.15) is 55.4 Å². The molecule has 1 aromatic carbocycles. The Morgan fingerprint density at radius 1 is 0.697 bits per heavy atom. The zero-order valence-corrected chi connectivity index (χ0v) is 17.8. The van der Waals surface area contributed by atoms with Crippen molar-refractivity contribution < 1.29 is 60.6 Å². The SMILES string of the molecule is O=C(OCc1ccccc1)N(CC(O)C(O)C(O)C(O)CO)CC(O)C(O)C(O)C(O)CO. The van der Waals surface area contributed by atoms with Crippen molar-refractivity contribution in [2.75, 3.05) is 26.3 Å². The lowest BCUT2D eigenvalue weighted by atomic mass is 10.0. The van der Waals surface area contributed by atoms with E-state index in [0.717, 1.165) is 0 Å². The van der Waals surface area contributed by atoms with E-state index in [2.05, 4.69) is 0 Å². The number of aliphatic hydroxyl groups excluding tert-OH is 10. The van der Waals surface area contributed by atoms with Crippen LogP contribution in [0.4, 0.5) is 4.79 Å². The average molecular weight is 479 g/mol. The van der Waals surface area contributed by atoms with E-state index in [4.69, 9.17) is 14.9 Å². The summed E-state index contributed by atoms with van der Waals surface area (Å²) in [6, 6.07) is 8.46. The molecule has 8 atom stereocenters. The van der Waals surface area contributed by atoms with Gasteiger partial charge in [0.2, 0.25) is 0 Å². The molecule has 0 spiro atoms. The molecule has 1 amide bonds. The maximum absolute atomic E-state index is 12.6. The van der Waals surface area contributed by atoms with Crippen LogP contribution in [-0.4, -0.2) is 137 Å². The highest BCUT2D eigenvalue weighted by Crippen LogP contribution is 2.12. The first-order valence-electron chi connectivity index (χ1n) is 10.1. The maximum atomic E-state index is 12.6. The molecule has 33 heavy (non-hydrogen) atoms. The van der Waals surface area contributed by atoms with Crippen molar-refractivity contribution in [3.8, 4) is 0 Å². The molecule has 13 nitrogen and oxygen atoms in total. The smallest absolute Gasteiger partial charge is 0.410 e. The highest BCUT2D eigenvalue weighted by Gasteiger charge is 2.36. The summed E-state index contributed by atoms with van der Waals surface area (Å²) in [4.78, 5) is 13.2. The number of rotatable bonds is 14. The van der Waals surface area contributed by atoms with Gasteiger partial charge in [0, 0.05) is 0 Å². The van der Waals surface area contributed by atoms with E-state index in [1.165, 1.54) is 0 Å². The van der Waals surface area contributed by atoms with Crippen molar-refractivity contribution in [3.05, 3.63) is 35.9 Å². The Balaban J connectivity index is 2.93. The highest BCUT2D eigenvalue weighted by molar-refractivity contribution is 5.67. The monoisotopic (exact) mass is 479 g/mol. The number of aliphatic hydroxyl groups is 10. The molecular formula is C20H33NO12. The van der Waals surface area contributed by atoms with Crippen LogP contribution in [0.2, 0.25) is 0 Å². The largest absolute Gasteiger partial charge is 0.445 e. The van der Waals surface area contributed by atoms with Gasteiger partial charge in [0.25, 0.3) is 0 Å². The lowest BCUT2D eigenvalue weighted by Crippen LogP contribution is -2.54. The third kappa shape index (κ3) is 9.10. The molecule has 8 unspecified atom stereocenters. The van der Waals surface area contributed by atoms with Crippen LogP contribution in [0.5, 0.6) is 0 Å². The minimum atomic E-state index is -2.01. The predicted molar refractivity (Wildman–Crippen MR) is 110 cm³/mol. The van der Waals surface area contributed by atoms with Crippen molar-refractivity contribution in [1.29, 1.82) is 0 Å². The topological polar surface area (TPSA) is 232 Å². The number of carbonyl (C=O) groups excluding carboxylic acids is 1. The van der Waals surface area contributed by atoms with Crippen LogP contribution in [0.25, 0.3) is 0 Å². The molecule has 0 aliphatic rings. The van der Waals surface area contributed by atoms with Gasteiger partial charge < -0.3 is 60.7 Å². The van der Waals surface area contributed by atoms with Gasteiger partial charge in [-0.1, -0.05) is 30.3 Å². The first-order chi connectivity index (χ1) is 15.5. The van der Waals surface area contributed by atoms with Crippen molar-refractivity contribution in [1.82, 2.24) is 4.90 Å². The van der Waals surface area contributed by atoms with Crippen LogP contribution in [0.1, 0.15) is 5.56 Å². The second-order valence-electron chi connectivity index (χ2n) is 7.54. The second kappa shape index (κ2) is 14.4. The number of benzene rings is 1.